The number of piperidine rings is 1. The maximum absolute atomic E-state index is 12.0. The van der Waals surface area contributed by atoms with Gasteiger partial charge in [0.2, 0.25) is 5.91 Å². The first-order valence-corrected chi connectivity index (χ1v) is 10.0. The largest absolute Gasteiger partial charge is 0.379 e. The molecule has 4 nitrogen and oxygen atoms in total. The van der Waals surface area contributed by atoms with E-state index in [1.54, 1.807) is 12.7 Å². The Balaban J connectivity index is 1.31. The third-order valence-corrected chi connectivity index (χ3v) is 6.27. The number of amides is 1. The zero-order valence-electron chi connectivity index (χ0n) is 15.8. The first-order valence-electron chi connectivity index (χ1n) is 10.0. The average Bonchev–Trinajstić information content (AvgIpc) is 2.97. The van der Waals surface area contributed by atoms with Gasteiger partial charge in [0.15, 0.2) is 0 Å². The average molecular weight is 354 g/mol. The highest BCUT2D eigenvalue weighted by Crippen LogP contribution is 2.29. The first-order chi connectivity index (χ1) is 12.7. The molecule has 0 spiro atoms. The van der Waals surface area contributed by atoms with E-state index in [9.17, 15) is 4.79 Å². The third-order valence-electron chi connectivity index (χ3n) is 6.27. The zero-order valence-corrected chi connectivity index (χ0v) is 15.8. The molecule has 2 aliphatic heterocycles. The predicted octanol–water partition coefficient (Wildman–Crippen LogP) is 3.47. The van der Waals surface area contributed by atoms with E-state index in [0.29, 0.717) is 19.5 Å². The molecule has 1 aliphatic carbocycles. The number of carbonyl (C=O) groups excluding carboxylic acids is 1. The minimum atomic E-state index is 0.0531. The maximum Gasteiger partial charge on any atom is 0.225 e. The number of hydrogen-bond acceptors (Lipinski definition) is 3. The number of likely N-dealkylation sites (tertiary alicyclic amines) is 2. The van der Waals surface area contributed by atoms with Gasteiger partial charge in [-0.15, -0.1) is 0 Å². The highest BCUT2D eigenvalue weighted by Gasteiger charge is 2.29. The van der Waals surface area contributed by atoms with Crippen molar-refractivity contribution in [2.75, 3.05) is 26.7 Å². The first kappa shape index (κ1) is 17.7. The molecule has 4 rings (SSSR count). The van der Waals surface area contributed by atoms with Gasteiger partial charge in [-0.3, -0.25) is 9.69 Å². The molecular formula is C22H30N2O2. The summed E-state index contributed by atoms with van der Waals surface area (Å²) in [6.07, 6.45) is 9.58. The lowest BCUT2D eigenvalue weighted by molar-refractivity contribution is -0.128. The van der Waals surface area contributed by atoms with Crippen LogP contribution in [0.1, 0.15) is 49.7 Å². The molecule has 140 valence electrons. The second-order valence-corrected chi connectivity index (χ2v) is 8.00. The molecule has 2 heterocycles. The molecular weight excluding hydrogens is 324 g/mol. The number of benzene rings is 1. The van der Waals surface area contributed by atoms with Gasteiger partial charge in [-0.05, 0) is 36.8 Å². The Morgan fingerprint density at radius 3 is 2.46 bits per heavy atom. The summed E-state index contributed by atoms with van der Waals surface area (Å²) in [5.41, 5.74) is 4.05. The summed E-state index contributed by atoms with van der Waals surface area (Å²) in [7, 11) is 1.68. The van der Waals surface area contributed by atoms with Gasteiger partial charge >= 0.3 is 0 Å². The van der Waals surface area contributed by atoms with Crippen LogP contribution in [0.25, 0.3) is 6.08 Å². The van der Waals surface area contributed by atoms with Crippen molar-refractivity contribution in [1.82, 2.24) is 9.80 Å². The lowest BCUT2D eigenvalue weighted by atomic mass is 9.89. The van der Waals surface area contributed by atoms with E-state index in [4.69, 9.17) is 4.74 Å². The Morgan fingerprint density at radius 1 is 1.15 bits per heavy atom. The van der Waals surface area contributed by atoms with E-state index in [0.717, 1.165) is 6.04 Å². The summed E-state index contributed by atoms with van der Waals surface area (Å²) in [6, 6.07) is 9.57. The van der Waals surface area contributed by atoms with Gasteiger partial charge in [-0.2, -0.15) is 0 Å². The second-order valence-electron chi connectivity index (χ2n) is 8.00. The van der Waals surface area contributed by atoms with Crippen molar-refractivity contribution in [1.29, 1.82) is 0 Å². The summed E-state index contributed by atoms with van der Waals surface area (Å²) < 4.78 is 5.31. The maximum atomic E-state index is 12.0. The molecule has 26 heavy (non-hydrogen) atoms. The monoisotopic (exact) mass is 354 g/mol. The van der Waals surface area contributed by atoms with Crippen LogP contribution in [0, 0.1) is 0 Å². The molecule has 0 radical (unpaired) electrons. The Bertz CT molecular complexity index is 653. The van der Waals surface area contributed by atoms with Crippen molar-refractivity contribution in [2.45, 2.75) is 57.2 Å². The molecule has 0 bridgehead atoms. The van der Waals surface area contributed by atoms with Crippen molar-refractivity contribution in [3.05, 3.63) is 41.0 Å². The number of rotatable bonds is 5. The number of nitrogens with zero attached hydrogens (tertiary/aromatic N) is 2. The van der Waals surface area contributed by atoms with Crippen LogP contribution in [-0.4, -0.2) is 54.6 Å². The lowest BCUT2D eigenvalue weighted by Crippen LogP contribution is -2.43. The molecule has 1 aromatic carbocycles. The minimum Gasteiger partial charge on any atom is -0.379 e. The van der Waals surface area contributed by atoms with Crippen LogP contribution in [0.15, 0.2) is 29.8 Å². The van der Waals surface area contributed by atoms with Gasteiger partial charge in [0.05, 0.1) is 12.5 Å². The minimum absolute atomic E-state index is 0.0531. The molecule has 4 heteroatoms. The summed E-state index contributed by atoms with van der Waals surface area (Å²) >= 11 is 0. The summed E-state index contributed by atoms with van der Waals surface area (Å²) in [5, 5.41) is 0. The van der Waals surface area contributed by atoms with E-state index in [2.05, 4.69) is 35.2 Å². The van der Waals surface area contributed by atoms with Gasteiger partial charge in [-0.25, -0.2) is 0 Å². The third kappa shape index (κ3) is 4.02. The molecule has 1 atom stereocenters. The van der Waals surface area contributed by atoms with Gasteiger partial charge < -0.3 is 9.64 Å². The van der Waals surface area contributed by atoms with Gasteiger partial charge in [-0.1, -0.05) is 42.3 Å². The second kappa shape index (κ2) is 7.93. The Kier molecular flexibility index (Phi) is 5.41. The fraction of sp³-hybridized carbons (Fsp3) is 0.591. The van der Waals surface area contributed by atoms with Gasteiger partial charge in [0.1, 0.15) is 0 Å². The number of carbonyl (C=O) groups is 1. The zero-order chi connectivity index (χ0) is 17.9. The quantitative estimate of drug-likeness (QED) is 0.812. The lowest BCUT2D eigenvalue weighted by Gasteiger charge is -2.40. The van der Waals surface area contributed by atoms with Crippen LogP contribution in [0.4, 0.5) is 0 Å². The molecule has 1 aromatic rings. The van der Waals surface area contributed by atoms with Crippen LogP contribution < -0.4 is 0 Å². The van der Waals surface area contributed by atoms with E-state index in [1.807, 2.05) is 4.90 Å². The van der Waals surface area contributed by atoms with Crippen LogP contribution in [0.3, 0.4) is 0 Å². The predicted molar refractivity (Wildman–Crippen MR) is 104 cm³/mol. The van der Waals surface area contributed by atoms with Gasteiger partial charge in [0.25, 0.3) is 0 Å². The number of methoxy groups -OCH3 is 1. The van der Waals surface area contributed by atoms with Gasteiger partial charge in [0, 0.05) is 39.3 Å². The fourth-order valence-electron chi connectivity index (χ4n) is 4.29. The SMILES string of the molecule is CO[C@@H]1CC(=O)N(Cc2ccc(C=C3CCN(C4CCC4)CC3)cc2)C1. The Labute approximate surface area is 156 Å². The van der Waals surface area contributed by atoms with E-state index >= 15 is 0 Å². The molecule has 2 saturated heterocycles. The number of ether oxygens (including phenoxy) is 1. The van der Waals surface area contributed by atoms with Crippen molar-refractivity contribution in [3.8, 4) is 0 Å². The van der Waals surface area contributed by atoms with Crippen LogP contribution >= 0.6 is 0 Å². The van der Waals surface area contributed by atoms with Crippen molar-refractivity contribution < 1.29 is 9.53 Å². The van der Waals surface area contributed by atoms with E-state index in [1.165, 1.54) is 56.3 Å². The van der Waals surface area contributed by atoms with Crippen LogP contribution in [0.5, 0.6) is 0 Å². The topological polar surface area (TPSA) is 32.8 Å². The normalized spacial score (nSPS) is 24.8. The number of hydrogen-bond donors (Lipinski definition) is 0. The molecule has 0 aromatic heterocycles. The smallest absolute Gasteiger partial charge is 0.225 e. The molecule has 3 aliphatic rings. The molecule has 0 N–H and O–H groups in total. The molecule has 0 unspecified atom stereocenters. The molecule has 1 amide bonds. The standard InChI is InChI=1S/C22H30N2O2/c1-26-21-14-22(25)24(16-21)15-19-7-5-17(6-8-19)13-18-9-11-23(12-10-18)20-3-2-4-20/h5-8,13,20-21H,2-4,9-12,14-16H2,1H3/t21-/m1/s1. The van der Waals surface area contributed by atoms with E-state index < -0.39 is 0 Å². The molecule has 3 fully saturated rings. The Morgan fingerprint density at radius 2 is 1.88 bits per heavy atom. The summed E-state index contributed by atoms with van der Waals surface area (Å²) in [5.74, 6) is 0.196. The van der Waals surface area contributed by atoms with Crippen molar-refractivity contribution in [3.63, 3.8) is 0 Å². The van der Waals surface area contributed by atoms with Crippen molar-refractivity contribution in [2.24, 2.45) is 0 Å². The van der Waals surface area contributed by atoms with Crippen LogP contribution in [-0.2, 0) is 16.1 Å². The summed E-state index contributed by atoms with van der Waals surface area (Å²) in [4.78, 5) is 16.6. The Hall–Kier alpha value is -1.65. The van der Waals surface area contributed by atoms with Crippen molar-refractivity contribution >= 4 is 12.0 Å². The fourth-order valence-corrected chi connectivity index (χ4v) is 4.29. The highest BCUT2D eigenvalue weighted by molar-refractivity contribution is 5.79. The van der Waals surface area contributed by atoms with E-state index in [-0.39, 0.29) is 12.0 Å². The van der Waals surface area contributed by atoms with Crippen LogP contribution in [0.2, 0.25) is 0 Å². The highest BCUT2D eigenvalue weighted by atomic mass is 16.5. The summed E-state index contributed by atoms with van der Waals surface area (Å²) in [6.45, 7) is 3.85. The molecule has 1 saturated carbocycles.